The molecule has 0 spiro atoms. The molecule has 0 aliphatic heterocycles. The van der Waals surface area contributed by atoms with Crippen LogP contribution in [-0.4, -0.2) is 9.97 Å². The van der Waals surface area contributed by atoms with E-state index < -0.39 is 0 Å². The molecular weight excluding hydrogens is 256 g/mol. The Labute approximate surface area is 118 Å². The summed E-state index contributed by atoms with van der Waals surface area (Å²) in [5, 5.41) is 0. The molecule has 0 radical (unpaired) electrons. The van der Waals surface area contributed by atoms with Gasteiger partial charge < -0.3 is 10.5 Å². The van der Waals surface area contributed by atoms with Crippen LogP contribution in [0, 0.1) is 6.92 Å². The third kappa shape index (κ3) is 3.51. The Morgan fingerprint density at radius 3 is 2.79 bits per heavy atom. The topological polar surface area (TPSA) is 48.1 Å². The molecule has 2 N–H and O–H groups in total. The van der Waals surface area contributed by atoms with Crippen LogP contribution in [0.5, 0.6) is 11.6 Å². The minimum absolute atomic E-state index is 0.345. The van der Waals surface area contributed by atoms with E-state index in [-0.39, 0.29) is 0 Å². The number of nitrogens with two attached hydrogens (primary N) is 1. The summed E-state index contributed by atoms with van der Waals surface area (Å²) in [7, 11) is 0. The van der Waals surface area contributed by atoms with Crippen molar-refractivity contribution in [1.82, 2.24) is 4.98 Å². The first-order valence-corrected chi connectivity index (χ1v) is 6.54. The van der Waals surface area contributed by atoms with E-state index in [9.17, 15) is 0 Å². The molecule has 98 valence electrons. The van der Waals surface area contributed by atoms with Crippen molar-refractivity contribution in [2.75, 3.05) is 0 Å². The average Bonchev–Trinajstić information content (AvgIpc) is 2.38. The molecule has 0 atom stereocenters. The van der Waals surface area contributed by atoms with Crippen LogP contribution in [0.3, 0.4) is 0 Å². The minimum Gasteiger partial charge on any atom is -0.439 e. The highest BCUT2D eigenvalue weighted by atomic mass is 32.1. The number of aryl methyl sites for hydroxylation is 2. The Bertz CT molecular complexity index is 611. The molecule has 2 rings (SSSR count). The van der Waals surface area contributed by atoms with Gasteiger partial charge in [0.2, 0.25) is 5.88 Å². The molecule has 0 aliphatic rings. The van der Waals surface area contributed by atoms with Crippen molar-refractivity contribution in [2.45, 2.75) is 20.3 Å². The summed E-state index contributed by atoms with van der Waals surface area (Å²) in [5.41, 5.74) is 8.45. The van der Waals surface area contributed by atoms with E-state index in [1.54, 1.807) is 6.07 Å². The number of rotatable bonds is 4. The van der Waals surface area contributed by atoms with Gasteiger partial charge in [0.1, 0.15) is 10.7 Å². The van der Waals surface area contributed by atoms with Gasteiger partial charge in [0.25, 0.3) is 0 Å². The molecule has 0 saturated heterocycles. The number of aromatic nitrogens is 1. The Kier molecular flexibility index (Phi) is 4.12. The molecule has 3 nitrogen and oxygen atoms in total. The second kappa shape index (κ2) is 5.80. The molecule has 1 heterocycles. The predicted octanol–water partition coefficient (Wildman–Crippen LogP) is 3.38. The lowest BCUT2D eigenvalue weighted by Crippen LogP contribution is -2.10. The van der Waals surface area contributed by atoms with E-state index >= 15 is 0 Å². The molecule has 0 bridgehead atoms. The van der Waals surface area contributed by atoms with Gasteiger partial charge in [-0.15, -0.1) is 0 Å². The number of pyridine rings is 1. The summed E-state index contributed by atoms with van der Waals surface area (Å²) < 4.78 is 5.77. The molecule has 1 aromatic heterocycles. The second-order valence-electron chi connectivity index (χ2n) is 4.30. The Morgan fingerprint density at radius 1 is 1.32 bits per heavy atom. The maximum atomic E-state index is 5.77. The normalized spacial score (nSPS) is 10.2. The first-order chi connectivity index (χ1) is 9.08. The van der Waals surface area contributed by atoms with Crippen LogP contribution in [0.4, 0.5) is 0 Å². The third-order valence-corrected chi connectivity index (χ3v) is 2.98. The Hall–Kier alpha value is -1.94. The summed E-state index contributed by atoms with van der Waals surface area (Å²) in [4.78, 5) is 4.67. The molecule has 0 fully saturated rings. The number of nitrogens with zero attached hydrogens (tertiary/aromatic N) is 1. The smallest absolute Gasteiger partial charge is 0.220 e. The van der Waals surface area contributed by atoms with E-state index in [1.165, 1.54) is 5.56 Å². The van der Waals surface area contributed by atoms with Crippen LogP contribution in [0.25, 0.3) is 0 Å². The maximum absolute atomic E-state index is 5.77. The zero-order valence-corrected chi connectivity index (χ0v) is 11.8. The van der Waals surface area contributed by atoms with Gasteiger partial charge in [0.15, 0.2) is 0 Å². The molecule has 0 saturated carbocycles. The molecule has 0 amide bonds. The van der Waals surface area contributed by atoms with Crippen LogP contribution in [0.2, 0.25) is 0 Å². The van der Waals surface area contributed by atoms with Gasteiger partial charge >= 0.3 is 0 Å². The lowest BCUT2D eigenvalue weighted by atomic mass is 10.2. The predicted molar refractivity (Wildman–Crippen MR) is 80.8 cm³/mol. The summed E-state index contributed by atoms with van der Waals surface area (Å²) in [6, 6.07) is 11.6. The highest BCUT2D eigenvalue weighted by molar-refractivity contribution is 7.80. The molecule has 19 heavy (non-hydrogen) atoms. The fourth-order valence-electron chi connectivity index (χ4n) is 1.78. The lowest BCUT2D eigenvalue weighted by molar-refractivity contribution is 0.461. The largest absolute Gasteiger partial charge is 0.439 e. The summed E-state index contributed by atoms with van der Waals surface area (Å²) in [6.07, 6.45) is 0.969. The van der Waals surface area contributed by atoms with Gasteiger partial charge in [0, 0.05) is 17.3 Å². The average molecular weight is 272 g/mol. The summed E-state index contributed by atoms with van der Waals surface area (Å²) in [6.45, 7) is 3.99. The monoisotopic (exact) mass is 272 g/mol. The van der Waals surface area contributed by atoms with Crippen molar-refractivity contribution in [2.24, 2.45) is 5.73 Å². The number of hydrogen-bond donors (Lipinski definition) is 1. The number of benzene rings is 1. The fourth-order valence-corrected chi connectivity index (χ4v) is 1.90. The quantitative estimate of drug-likeness (QED) is 0.867. The van der Waals surface area contributed by atoms with E-state index in [4.69, 9.17) is 22.7 Å². The Balaban J connectivity index is 2.29. The van der Waals surface area contributed by atoms with Gasteiger partial charge in [-0.05, 0) is 37.1 Å². The number of hydrogen-bond acceptors (Lipinski definition) is 3. The van der Waals surface area contributed by atoms with Crippen molar-refractivity contribution in [3.05, 3.63) is 53.2 Å². The highest BCUT2D eigenvalue weighted by Crippen LogP contribution is 2.22. The van der Waals surface area contributed by atoms with Gasteiger partial charge in [0.05, 0.1) is 0 Å². The van der Waals surface area contributed by atoms with E-state index in [1.807, 2.05) is 31.2 Å². The molecular formula is C15H16N2OS. The van der Waals surface area contributed by atoms with Gasteiger partial charge in [-0.1, -0.05) is 31.3 Å². The van der Waals surface area contributed by atoms with Crippen LogP contribution >= 0.6 is 12.2 Å². The molecule has 4 heteroatoms. The molecule has 0 aliphatic carbocycles. The molecule has 1 aromatic carbocycles. The fraction of sp³-hybridized carbons (Fsp3) is 0.200. The van der Waals surface area contributed by atoms with Crippen molar-refractivity contribution >= 4 is 17.2 Å². The van der Waals surface area contributed by atoms with Crippen LogP contribution in [0.15, 0.2) is 36.4 Å². The minimum atomic E-state index is 0.345. The van der Waals surface area contributed by atoms with E-state index in [2.05, 4.69) is 18.0 Å². The maximum Gasteiger partial charge on any atom is 0.220 e. The molecule has 2 aromatic rings. The van der Waals surface area contributed by atoms with Crippen molar-refractivity contribution < 1.29 is 4.74 Å². The van der Waals surface area contributed by atoms with Crippen molar-refractivity contribution in [3.8, 4) is 11.6 Å². The Morgan fingerprint density at radius 2 is 2.11 bits per heavy atom. The van der Waals surface area contributed by atoms with Crippen LogP contribution < -0.4 is 10.5 Å². The van der Waals surface area contributed by atoms with Crippen LogP contribution in [-0.2, 0) is 6.42 Å². The zero-order chi connectivity index (χ0) is 13.8. The highest BCUT2D eigenvalue weighted by Gasteiger charge is 2.05. The van der Waals surface area contributed by atoms with Gasteiger partial charge in [-0.3, -0.25) is 0 Å². The second-order valence-corrected chi connectivity index (χ2v) is 4.74. The lowest BCUT2D eigenvalue weighted by Gasteiger charge is -2.08. The summed E-state index contributed by atoms with van der Waals surface area (Å²) in [5.74, 6) is 1.28. The SMILES string of the molecule is CCc1cccc(Oc2cc(C(N)=S)cc(C)n2)c1. The van der Waals surface area contributed by atoms with Crippen LogP contribution in [0.1, 0.15) is 23.7 Å². The van der Waals surface area contributed by atoms with E-state index in [0.717, 1.165) is 23.4 Å². The van der Waals surface area contributed by atoms with Gasteiger partial charge in [-0.25, -0.2) is 4.98 Å². The van der Waals surface area contributed by atoms with E-state index in [0.29, 0.717) is 10.9 Å². The first-order valence-electron chi connectivity index (χ1n) is 6.13. The van der Waals surface area contributed by atoms with Crippen molar-refractivity contribution in [3.63, 3.8) is 0 Å². The first kappa shape index (κ1) is 13.5. The third-order valence-electron chi connectivity index (χ3n) is 2.74. The van der Waals surface area contributed by atoms with Crippen molar-refractivity contribution in [1.29, 1.82) is 0 Å². The number of ether oxygens (including phenoxy) is 1. The summed E-state index contributed by atoms with van der Waals surface area (Å²) >= 11 is 4.98. The number of thiocarbonyl (C=S) groups is 1. The van der Waals surface area contributed by atoms with Gasteiger partial charge in [-0.2, -0.15) is 0 Å². The zero-order valence-electron chi connectivity index (χ0n) is 11.0. The molecule has 0 unspecified atom stereocenters. The standard InChI is InChI=1S/C15H16N2OS/c1-3-11-5-4-6-13(8-11)18-14-9-12(15(16)19)7-10(2)17-14/h4-9H,3H2,1-2H3,(H2,16,19).